The van der Waals surface area contributed by atoms with Crippen LogP contribution >= 0.6 is 0 Å². The standard InChI is InChI=1S/C63H39NO/c1-2-18-42-38-61-55(37-41(42)17-1)54-29-15-28-53(62(54)65-61)52-26-8-12-33-60(52)64(44-21-13-20-43(36-44)47-27-14-19-40-16-3-4-22-46(40)47)45-34-35-51-50-25-7-11-32-58(50)63(59(51)39-45)56-30-9-5-23-48(56)49-24-6-10-31-57(49)63/h1-39H. The third kappa shape index (κ3) is 5.11. The van der Waals surface area contributed by atoms with Crippen molar-refractivity contribution in [3.8, 4) is 44.5 Å². The van der Waals surface area contributed by atoms with Crippen molar-refractivity contribution in [1.29, 1.82) is 0 Å². The first kappa shape index (κ1) is 36.1. The van der Waals surface area contributed by atoms with Crippen LogP contribution in [-0.2, 0) is 5.41 Å². The fourth-order valence-corrected chi connectivity index (χ4v) is 11.5. The van der Waals surface area contributed by atoms with E-state index in [0.29, 0.717) is 0 Å². The monoisotopic (exact) mass is 825 g/mol. The van der Waals surface area contributed by atoms with Gasteiger partial charge in [0.25, 0.3) is 0 Å². The summed E-state index contributed by atoms with van der Waals surface area (Å²) in [6, 6.07) is 87.1. The molecule has 0 saturated carbocycles. The molecule has 1 spiro atoms. The van der Waals surface area contributed by atoms with Gasteiger partial charge < -0.3 is 9.32 Å². The van der Waals surface area contributed by atoms with Gasteiger partial charge in [0.1, 0.15) is 11.2 Å². The highest BCUT2D eigenvalue weighted by molar-refractivity contribution is 6.14. The van der Waals surface area contributed by atoms with Gasteiger partial charge in [-0.05, 0) is 120 Å². The number of benzene rings is 11. The predicted molar refractivity (Wildman–Crippen MR) is 271 cm³/mol. The third-order valence-corrected chi connectivity index (χ3v) is 14.2. The zero-order chi connectivity index (χ0) is 42.6. The molecule has 65 heavy (non-hydrogen) atoms. The molecule has 1 aromatic heterocycles. The molecule has 1 heterocycles. The molecule has 2 aliphatic carbocycles. The molecule has 2 aliphatic rings. The zero-order valence-electron chi connectivity index (χ0n) is 35.4. The molecular weight excluding hydrogens is 787 g/mol. The van der Waals surface area contributed by atoms with Gasteiger partial charge in [-0.25, -0.2) is 0 Å². The van der Waals surface area contributed by atoms with E-state index in [4.69, 9.17) is 4.42 Å². The average Bonchev–Trinajstić information content (AvgIpc) is 3.99. The van der Waals surface area contributed by atoms with E-state index >= 15 is 0 Å². The van der Waals surface area contributed by atoms with E-state index in [1.165, 1.54) is 71.6 Å². The van der Waals surface area contributed by atoms with Gasteiger partial charge in [-0.1, -0.05) is 194 Å². The van der Waals surface area contributed by atoms with Crippen LogP contribution in [0.1, 0.15) is 22.3 Å². The second kappa shape index (κ2) is 13.8. The summed E-state index contributed by atoms with van der Waals surface area (Å²) in [6.07, 6.45) is 0. The highest BCUT2D eigenvalue weighted by atomic mass is 16.3. The summed E-state index contributed by atoms with van der Waals surface area (Å²) in [6.45, 7) is 0. The lowest BCUT2D eigenvalue weighted by Crippen LogP contribution is -2.26. The van der Waals surface area contributed by atoms with Gasteiger partial charge in [0, 0.05) is 33.3 Å². The van der Waals surface area contributed by atoms with Crippen molar-refractivity contribution in [3.63, 3.8) is 0 Å². The Morgan fingerprint density at radius 3 is 1.58 bits per heavy atom. The molecule has 2 nitrogen and oxygen atoms in total. The molecule has 2 heteroatoms. The number of para-hydroxylation sites is 2. The lowest BCUT2D eigenvalue weighted by atomic mass is 9.70. The van der Waals surface area contributed by atoms with E-state index in [0.717, 1.165) is 55.7 Å². The van der Waals surface area contributed by atoms with Crippen molar-refractivity contribution < 1.29 is 4.42 Å². The molecule has 302 valence electrons. The summed E-state index contributed by atoms with van der Waals surface area (Å²) >= 11 is 0. The summed E-state index contributed by atoms with van der Waals surface area (Å²) < 4.78 is 6.92. The molecule has 0 radical (unpaired) electrons. The van der Waals surface area contributed by atoms with Gasteiger partial charge in [0.2, 0.25) is 0 Å². The molecule has 14 rings (SSSR count). The maximum atomic E-state index is 6.92. The van der Waals surface area contributed by atoms with Crippen LogP contribution in [0.4, 0.5) is 17.1 Å². The Balaban J connectivity index is 1.04. The van der Waals surface area contributed by atoms with E-state index in [9.17, 15) is 0 Å². The van der Waals surface area contributed by atoms with E-state index in [-0.39, 0.29) is 0 Å². The quantitative estimate of drug-likeness (QED) is 0.172. The Morgan fingerprint density at radius 1 is 0.308 bits per heavy atom. The van der Waals surface area contributed by atoms with E-state index in [1.807, 2.05) is 0 Å². The summed E-state index contributed by atoms with van der Waals surface area (Å²) in [5, 5.41) is 7.07. The number of rotatable bonds is 5. The Morgan fingerprint density at radius 2 is 0.831 bits per heavy atom. The van der Waals surface area contributed by atoms with Gasteiger partial charge in [0.05, 0.1) is 11.1 Å². The zero-order valence-corrected chi connectivity index (χ0v) is 35.4. The minimum atomic E-state index is -0.478. The van der Waals surface area contributed by atoms with Gasteiger partial charge in [-0.3, -0.25) is 0 Å². The smallest absolute Gasteiger partial charge is 0.143 e. The number of hydrogen-bond acceptors (Lipinski definition) is 2. The largest absolute Gasteiger partial charge is 0.455 e. The lowest BCUT2D eigenvalue weighted by Gasteiger charge is -2.33. The summed E-state index contributed by atoms with van der Waals surface area (Å²) in [4.78, 5) is 2.48. The number of fused-ring (bicyclic) bond motifs is 15. The fourth-order valence-electron chi connectivity index (χ4n) is 11.5. The van der Waals surface area contributed by atoms with Crippen molar-refractivity contribution in [1.82, 2.24) is 0 Å². The maximum absolute atomic E-state index is 6.92. The molecule has 0 unspecified atom stereocenters. The first-order valence-electron chi connectivity index (χ1n) is 22.5. The Kier molecular flexibility index (Phi) is 7.64. The SMILES string of the molecule is c1cc(-c2cccc3ccccc23)cc(N(c2ccc3c(c2)C2(c4ccccc4-c4ccccc42)c2ccccc2-3)c2ccccc2-c2cccc3c2oc2cc4ccccc4cc23)c1. The van der Waals surface area contributed by atoms with Crippen molar-refractivity contribution >= 4 is 60.5 Å². The van der Waals surface area contributed by atoms with Crippen molar-refractivity contribution in [2.24, 2.45) is 0 Å². The molecule has 0 saturated heterocycles. The van der Waals surface area contributed by atoms with Crippen LogP contribution in [0.3, 0.4) is 0 Å². The molecule has 0 N–H and O–H groups in total. The predicted octanol–water partition coefficient (Wildman–Crippen LogP) is 17.0. The van der Waals surface area contributed by atoms with Crippen LogP contribution in [0, 0.1) is 0 Å². The average molecular weight is 826 g/mol. The number of nitrogens with zero attached hydrogens (tertiary/aromatic N) is 1. The minimum absolute atomic E-state index is 0.478. The topological polar surface area (TPSA) is 16.4 Å². The molecule has 0 aliphatic heterocycles. The lowest BCUT2D eigenvalue weighted by molar-refractivity contribution is 0.670. The van der Waals surface area contributed by atoms with Crippen LogP contribution in [0.2, 0.25) is 0 Å². The normalized spacial score (nSPS) is 13.0. The van der Waals surface area contributed by atoms with E-state index in [1.54, 1.807) is 0 Å². The summed E-state index contributed by atoms with van der Waals surface area (Å²) in [5.41, 5.74) is 19.5. The summed E-state index contributed by atoms with van der Waals surface area (Å²) in [7, 11) is 0. The first-order valence-corrected chi connectivity index (χ1v) is 22.5. The molecule has 0 amide bonds. The molecule has 0 bridgehead atoms. The Labute approximate surface area is 376 Å². The number of anilines is 3. The summed E-state index contributed by atoms with van der Waals surface area (Å²) in [5.74, 6) is 0. The van der Waals surface area contributed by atoms with Crippen LogP contribution in [0.5, 0.6) is 0 Å². The number of hydrogen-bond donors (Lipinski definition) is 0. The fraction of sp³-hybridized carbons (Fsp3) is 0.0159. The van der Waals surface area contributed by atoms with Crippen molar-refractivity contribution in [2.75, 3.05) is 4.90 Å². The van der Waals surface area contributed by atoms with Crippen molar-refractivity contribution in [2.45, 2.75) is 5.41 Å². The van der Waals surface area contributed by atoms with Crippen LogP contribution in [0.15, 0.2) is 241 Å². The second-order valence-electron chi connectivity index (χ2n) is 17.5. The molecule has 0 fully saturated rings. The highest BCUT2D eigenvalue weighted by Gasteiger charge is 2.51. The van der Waals surface area contributed by atoms with Gasteiger partial charge in [-0.15, -0.1) is 0 Å². The Hall–Kier alpha value is -8.46. The van der Waals surface area contributed by atoms with Gasteiger partial charge in [-0.2, -0.15) is 0 Å². The van der Waals surface area contributed by atoms with Gasteiger partial charge in [0.15, 0.2) is 0 Å². The van der Waals surface area contributed by atoms with Crippen LogP contribution in [-0.4, -0.2) is 0 Å². The molecular formula is C63H39NO. The Bertz CT molecular complexity index is 3860. The minimum Gasteiger partial charge on any atom is -0.455 e. The van der Waals surface area contributed by atoms with Crippen molar-refractivity contribution in [3.05, 3.63) is 259 Å². The highest BCUT2D eigenvalue weighted by Crippen LogP contribution is 2.63. The van der Waals surface area contributed by atoms with Crippen LogP contribution in [0.25, 0.3) is 88.0 Å². The van der Waals surface area contributed by atoms with Gasteiger partial charge >= 0.3 is 0 Å². The third-order valence-electron chi connectivity index (χ3n) is 14.2. The van der Waals surface area contributed by atoms with E-state index in [2.05, 4.69) is 241 Å². The van der Waals surface area contributed by atoms with Crippen LogP contribution < -0.4 is 4.90 Å². The van der Waals surface area contributed by atoms with E-state index < -0.39 is 5.41 Å². The second-order valence-corrected chi connectivity index (χ2v) is 17.5. The molecule has 12 aromatic rings. The number of furan rings is 1. The first-order chi connectivity index (χ1) is 32.2. The molecule has 11 aromatic carbocycles. The molecule has 0 atom stereocenters. The maximum Gasteiger partial charge on any atom is 0.143 e.